The molecule has 30 heavy (non-hydrogen) atoms. The van der Waals surface area contributed by atoms with E-state index in [0.717, 1.165) is 13.0 Å². The lowest BCUT2D eigenvalue weighted by Gasteiger charge is -2.15. The second-order valence-corrected chi connectivity index (χ2v) is 6.86. The number of hydrogen-bond acceptors (Lipinski definition) is 3. The molecule has 0 radical (unpaired) electrons. The van der Waals surface area contributed by atoms with Crippen LogP contribution in [0.3, 0.4) is 0 Å². The first-order chi connectivity index (χ1) is 14.6. The van der Waals surface area contributed by atoms with Crippen LogP contribution in [0.2, 0.25) is 0 Å². The van der Waals surface area contributed by atoms with Crippen molar-refractivity contribution in [1.82, 2.24) is 16.0 Å². The minimum atomic E-state index is -0.336. The largest absolute Gasteiger partial charge is 0.374 e. The highest BCUT2D eigenvalue weighted by atomic mass is 19.1. The van der Waals surface area contributed by atoms with Crippen LogP contribution in [-0.2, 0) is 16.0 Å². The number of nitrogens with one attached hydrogen (secondary N) is 3. The average Bonchev–Trinajstić information content (AvgIpc) is 2.75. The van der Waals surface area contributed by atoms with Gasteiger partial charge in [0.1, 0.15) is 5.82 Å². The van der Waals surface area contributed by atoms with Crippen LogP contribution in [-0.4, -0.2) is 45.2 Å². The highest BCUT2D eigenvalue weighted by molar-refractivity contribution is 5.80. The quantitative estimate of drug-likeness (QED) is 0.300. The smallest absolute Gasteiger partial charge is 0.224 e. The van der Waals surface area contributed by atoms with E-state index < -0.39 is 0 Å². The van der Waals surface area contributed by atoms with Crippen molar-refractivity contribution in [2.24, 2.45) is 4.99 Å². The maximum Gasteiger partial charge on any atom is 0.224 e. The van der Waals surface area contributed by atoms with Crippen molar-refractivity contribution in [3.05, 3.63) is 71.5 Å². The van der Waals surface area contributed by atoms with Gasteiger partial charge in [-0.25, -0.2) is 4.39 Å². The summed E-state index contributed by atoms with van der Waals surface area (Å²) in [5.74, 6) is 0.192. The Kier molecular flexibility index (Phi) is 10.4. The Hall–Kier alpha value is -2.93. The molecule has 0 saturated heterocycles. The Morgan fingerprint density at radius 2 is 1.77 bits per heavy atom. The number of aliphatic imine (C=N–C) groups is 1. The molecule has 0 aliphatic carbocycles. The first-order valence-electron chi connectivity index (χ1n) is 10.2. The summed E-state index contributed by atoms with van der Waals surface area (Å²) in [5, 5.41) is 9.18. The number of carbonyl (C=O) groups is 1. The molecule has 0 aromatic heterocycles. The maximum absolute atomic E-state index is 13.1. The van der Waals surface area contributed by atoms with Crippen molar-refractivity contribution in [2.75, 3.05) is 33.3 Å². The van der Waals surface area contributed by atoms with Gasteiger partial charge >= 0.3 is 0 Å². The van der Waals surface area contributed by atoms with Crippen molar-refractivity contribution in [1.29, 1.82) is 0 Å². The Morgan fingerprint density at radius 3 is 2.50 bits per heavy atom. The first-order valence-corrected chi connectivity index (χ1v) is 10.2. The maximum atomic E-state index is 13.1. The highest BCUT2D eigenvalue weighted by Crippen LogP contribution is 2.15. The molecule has 0 aliphatic heterocycles. The molecule has 0 fully saturated rings. The topological polar surface area (TPSA) is 74.8 Å². The predicted octanol–water partition coefficient (Wildman–Crippen LogP) is 2.82. The number of benzene rings is 2. The highest BCUT2D eigenvalue weighted by Gasteiger charge is 2.05. The summed E-state index contributed by atoms with van der Waals surface area (Å²) in [6.45, 7) is 4.41. The number of carbonyl (C=O) groups excluding carboxylic acids is 1. The normalized spacial score (nSPS) is 12.3. The lowest BCUT2D eigenvalue weighted by atomic mass is 10.1. The molecule has 0 saturated carbocycles. The second-order valence-electron chi connectivity index (χ2n) is 6.86. The van der Waals surface area contributed by atoms with E-state index in [2.05, 4.69) is 33.1 Å². The summed E-state index contributed by atoms with van der Waals surface area (Å²) >= 11 is 0. The summed E-state index contributed by atoms with van der Waals surface area (Å²) in [6.07, 6.45) is 1.08. The van der Waals surface area contributed by atoms with Gasteiger partial charge in [-0.3, -0.25) is 9.79 Å². The van der Waals surface area contributed by atoms with Gasteiger partial charge in [0.25, 0.3) is 0 Å². The van der Waals surface area contributed by atoms with Crippen molar-refractivity contribution in [3.63, 3.8) is 0 Å². The number of hydrogen-bond donors (Lipinski definition) is 3. The molecule has 1 atom stereocenters. The van der Waals surface area contributed by atoms with Crippen molar-refractivity contribution >= 4 is 11.9 Å². The molecule has 2 rings (SSSR count). The van der Waals surface area contributed by atoms with E-state index in [-0.39, 0.29) is 24.2 Å². The van der Waals surface area contributed by atoms with E-state index in [9.17, 15) is 9.18 Å². The molecule has 3 N–H and O–H groups in total. The third-order valence-electron chi connectivity index (χ3n) is 4.47. The number of amides is 1. The van der Waals surface area contributed by atoms with Crippen molar-refractivity contribution in [3.8, 4) is 0 Å². The Balaban J connectivity index is 1.54. The van der Waals surface area contributed by atoms with Crippen molar-refractivity contribution in [2.45, 2.75) is 25.9 Å². The van der Waals surface area contributed by atoms with Crippen molar-refractivity contribution < 1.29 is 13.9 Å². The minimum Gasteiger partial charge on any atom is -0.374 e. The number of rotatable bonds is 11. The van der Waals surface area contributed by atoms with Gasteiger partial charge in [0, 0.05) is 33.3 Å². The SMILES string of the molecule is CN=C(NCCCOC(C)c1ccccc1)NCCNC(=O)Cc1cccc(F)c1. The first kappa shape index (κ1) is 23.3. The van der Waals surface area contributed by atoms with Gasteiger partial charge in [-0.2, -0.15) is 0 Å². The standard InChI is InChI=1S/C23H31FN4O2/c1-18(20-9-4-3-5-10-20)30-15-7-12-27-23(25-2)28-14-13-26-22(29)17-19-8-6-11-21(24)16-19/h3-6,8-11,16,18H,7,12-15,17H2,1-2H3,(H,26,29)(H2,25,27,28). The fraction of sp³-hybridized carbons (Fsp3) is 0.391. The number of guanidine groups is 1. The van der Waals surface area contributed by atoms with Crippen LogP contribution in [0, 0.1) is 5.82 Å². The summed E-state index contributed by atoms with van der Waals surface area (Å²) in [7, 11) is 1.70. The molecular formula is C23H31FN4O2. The Morgan fingerprint density at radius 1 is 1.03 bits per heavy atom. The fourth-order valence-electron chi connectivity index (χ4n) is 2.86. The Labute approximate surface area is 177 Å². The summed E-state index contributed by atoms with van der Waals surface area (Å²) in [4.78, 5) is 16.1. The van der Waals surface area contributed by atoms with Gasteiger partial charge in [-0.15, -0.1) is 0 Å². The molecule has 162 valence electrons. The third-order valence-corrected chi connectivity index (χ3v) is 4.47. The number of nitrogens with zero attached hydrogens (tertiary/aromatic N) is 1. The van der Waals surface area contributed by atoms with Crippen LogP contribution >= 0.6 is 0 Å². The zero-order valence-corrected chi connectivity index (χ0v) is 17.7. The molecule has 7 heteroatoms. The van der Waals surface area contributed by atoms with Gasteiger partial charge in [-0.05, 0) is 36.6 Å². The monoisotopic (exact) mass is 414 g/mol. The van der Waals surface area contributed by atoms with Crippen LogP contribution in [0.15, 0.2) is 59.6 Å². The van der Waals surface area contributed by atoms with Gasteiger partial charge in [-0.1, -0.05) is 42.5 Å². The van der Waals surface area contributed by atoms with Gasteiger partial charge in [0.05, 0.1) is 12.5 Å². The zero-order valence-electron chi connectivity index (χ0n) is 17.7. The second kappa shape index (κ2) is 13.3. The van der Waals surface area contributed by atoms with Gasteiger partial charge in [0.15, 0.2) is 5.96 Å². The van der Waals surface area contributed by atoms with E-state index in [4.69, 9.17) is 4.74 Å². The molecule has 1 amide bonds. The lowest BCUT2D eigenvalue weighted by molar-refractivity contribution is -0.120. The Bertz CT molecular complexity index is 799. The average molecular weight is 415 g/mol. The van der Waals surface area contributed by atoms with E-state index in [1.807, 2.05) is 25.1 Å². The molecule has 2 aromatic rings. The molecule has 0 heterocycles. The molecule has 0 bridgehead atoms. The molecule has 6 nitrogen and oxygen atoms in total. The molecular weight excluding hydrogens is 383 g/mol. The lowest BCUT2D eigenvalue weighted by Crippen LogP contribution is -2.42. The van der Waals surface area contributed by atoms with E-state index in [0.29, 0.717) is 31.2 Å². The fourth-order valence-corrected chi connectivity index (χ4v) is 2.86. The molecule has 2 aromatic carbocycles. The molecule has 1 unspecified atom stereocenters. The van der Waals surface area contributed by atoms with Crippen LogP contribution < -0.4 is 16.0 Å². The third kappa shape index (κ3) is 9.05. The van der Waals surface area contributed by atoms with E-state index >= 15 is 0 Å². The van der Waals surface area contributed by atoms with Gasteiger partial charge < -0.3 is 20.7 Å². The number of halogens is 1. The number of ether oxygens (including phenoxy) is 1. The van der Waals surface area contributed by atoms with Gasteiger partial charge in [0.2, 0.25) is 5.91 Å². The molecule has 0 spiro atoms. The molecule has 0 aliphatic rings. The van der Waals surface area contributed by atoms with E-state index in [1.54, 1.807) is 19.2 Å². The summed E-state index contributed by atoms with van der Waals surface area (Å²) < 4.78 is 19.0. The van der Waals surface area contributed by atoms with Crippen LogP contribution in [0.1, 0.15) is 30.6 Å². The summed E-state index contributed by atoms with van der Waals surface area (Å²) in [6, 6.07) is 16.2. The van der Waals surface area contributed by atoms with Crippen LogP contribution in [0.25, 0.3) is 0 Å². The van der Waals surface area contributed by atoms with Crippen LogP contribution in [0.5, 0.6) is 0 Å². The van der Waals surface area contributed by atoms with E-state index in [1.165, 1.54) is 17.7 Å². The predicted molar refractivity (Wildman–Crippen MR) is 118 cm³/mol. The van der Waals surface area contributed by atoms with Crippen LogP contribution in [0.4, 0.5) is 4.39 Å². The minimum absolute atomic E-state index is 0.0691. The summed E-state index contributed by atoms with van der Waals surface area (Å²) in [5.41, 5.74) is 1.82. The zero-order chi connectivity index (χ0) is 21.6.